The Morgan fingerprint density at radius 1 is 1.26 bits per heavy atom. The van der Waals surface area contributed by atoms with Crippen LogP contribution in [0.25, 0.3) is 0 Å². The molecule has 1 aromatic rings. The Hall–Kier alpha value is -0.920. The van der Waals surface area contributed by atoms with Crippen molar-refractivity contribution in [3.8, 4) is 0 Å². The maximum absolute atomic E-state index is 12.6. The van der Waals surface area contributed by atoms with E-state index in [1.165, 1.54) is 0 Å². The summed E-state index contributed by atoms with van der Waals surface area (Å²) < 4.78 is 31.6. The van der Waals surface area contributed by atoms with Gasteiger partial charge in [0.2, 0.25) is 0 Å². The molecule has 2 heterocycles. The van der Waals surface area contributed by atoms with Crippen molar-refractivity contribution in [2.75, 3.05) is 13.1 Å². The summed E-state index contributed by atoms with van der Waals surface area (Å²) in [5.74, 6) is 0.821. The number of hydrogen-bond donors (Lipinski definition) is 1. The highest BCUT2D eigenvalue weighted by Gasteiger charge is 2.31. The zero-order valence-electron chi connectivity index (χ0n) is 15.1. The van der Waals surface area contributed by atoms with Crippen LogP contribution in [0.4, 0.5) is 0 Å². The van der Waals surface area contributed by atoms with Gasteiger partial charge in [0.25, 0.3) is 10.2 Å². The van der Waals surface area contributed by atoms with Gasteiger partial charge in [0.1, 0.15) is 0 Å². The van der Waals surface area contributed by atoms with Gasteiger partial charge in [-0.2, -0.15) is 22.5 Å². The standard InChI is InChI=1S/C16H30N4O2S/c1-11-7-12(2)10-20(9-11)23(21,22)18-13(3)8-16-14(4)17-19(6)15(16)5/h11-13,18H,7-10H2,1-6H3/t11-,12-,13-/m0/s1. The van der Waals surface area contributed by atoms with E-state index in [9.17, 15) is 8.42 Å². The second-order valence-corrected chi connectivity index (χ2v) is 8.97. The third-order valence-electron chi connectivity index (χ3n) is 4.69. The number of rotatable bonds is 5. The quantitative estimate of drug-likeness (QED) is 0.887. The Labute approximate surface area is 140 Å². The Morgan fingerprint density at radius 3 is 2.30 bits per heavy atom. The number of hydrogen-bond acceptors (Lipinski definition) is 3. The van der Waals surface area contributed by atoms with Gasteiger partial charge in [0.15, 0.2) is 0 Å². The molecular weight excluding hydrogens is 312 g/mol. The van der Waals surface area contributed by atoms with Gasteiger partial charge < -0.3 is 0 Å². The van der Waals surface area contributed by atoms with Crippen LogP contribution in [0.2, 0.25) is 0 Å². The molecule has 0 bridgehead atoms. The topological polar surface area (TPSA) is 67.2 Å². The van der Waals surface area contributed by atoms with Crippen molar-refractivity contribution < 1.29 is 8.42 Å². The van der Waals surface area contributed by atoms with Crippen LogP contribution < -0.4 is 4.72 Å². The largest absolute Gasteiger partial charge is 0.279 e. The van der Waals surface area contributed by atoms with Crippen LogP contribution in [0.5, 0.6) is 0 Å². The molecule has 1 saturated heterocycles. The van der Waals surface area contributed by atoms with Crippen molar-refractivity contribution in [1.29, 1.82) is 0 Å². The minimum Gasteiger partial charge on any atom is -0.272 e. The molecule has 0 unspecified atom stereocenters. The summed E-state index contributed by atoms with van der Waals surface area (Å²) >= 11 is 0. The molecule has 3 atom stereocenters. The predicted octanol–water partition coefficient (Wildman–Crippen LogP) is 1.78. The minimum atomic E-state index is -3.43. The van der Waals surface area contributed by atoms with E-state index in [0.29, 0.717) is 31.3 Å². The van der Waals surface area contributed by atoms with Gasteiger partial charge in [-0.15, -0.1) is 0 Å². The molecule has 1 fully saturated rings. The molecule has 0 radical (unpaired) electrons. The fourth-order valence-electron chi connectivity index (χ4n) is 3.59. The van der Waals surface area contributed by atoms with E-state index in [0.717, 1.165) is 23.4 Å². The molecule has 0 aliphatic carbocycles. The number of aryl methyl sites for hydroxylation is 2. The second kappa shape index (κ2) is 6.91. The summed E-state index contributed by atoms with van der Waals surface area (Å²) in [7, 11) is -1.52. The highest BCUT2D eigenvalue weighted by Crippen LogP contribution is 2.23. The zero-order valence-corrected chi connectivity index (χ0v) is 15.9. The van der Waals surface area contributed by atoms with E-state index in [1.54, 1.807) is 4.31 Å². The first-order valence-electron chi connectivity index (χ1n) is 8.36. The average molecular weight is 343 g/mol. The number of nitrogens with one attached hydrogen (secondary N) is 1. The number of nitrogens with zero attached hydrogens (tertiary/aromatic N) is 3. The SMILES string of the molecule is Cc1nn(C)c(C)c1C[C@H](C)NS(=O)(=O)N1C[C@@H](C)C[C@H](C)C1. The van der Waals surface area contributed by atoms with E-state index in [2.05, 4.69) is 23.7 Å². The molecule has 1 aliphatic heterocycles. The van der Waals surface area contributed by atoms with E-state index in [4.69, 9.17) is 0 Å². The molecule has 2 rings (SSSR count). The van der Waals surface area contributed by atoms with Crippen molar-refractivity contribution in [2.24, 2.45) is 18.9 Å². The van der Waals surface area contributed by atoms with Crippen LogP contribution in [0, 0.1) is 25.7 Å². The van der Waals surface area contributed by atoms with E-state index >= 15 is 0 Å². The average Bonchev–Trinajstić information content (AvgIpc) is 2.63. The van der Waals surface area contributed by atoms with Gasteiger partial charge in [-0.05, 0) is 51.0 Å². The third kappa shape index (κ3) is 4.33. The lowest BCUT2D eigenvalue weighted by atomic mass is 9.94. The molecule has 0 aromatic carbocycles. The lowest BCUT2D eigenvalue weighted by molar-refractivity contribution is 0.220. The molecule has 23 heavy (non-hydrogen) atoms. The predicted molar refractivity (Wildman–Crippen MR) is 92.4 cm³/mol. The van der Waals surface area contributed by atoms with Gasteiger partial charge >= 0.3 is 0 Å². The Bertz CT molecular complexity index is 643. The molecule has 0 spiro atoms. The Morgan fingerprint density at radius 2 is 1.83 bits per heavy atom. The molecule has 0 amide bonds. The lowest BCUT2D eigenvalue weighted by Crippen LogP contribution is -2.50. The van der Waals surface area contributed by atoms with Crippen LogP contribution in [0.15, 0.2) is 0 Å². The maximum Gasteiger partial charge on any atom is 0.279 e. The van der Waals surface area contributed by atoms with Gasteiger partial charge in [-0.1, -0.05) is 13.8 Å². The second-order valence-electron chi connectivity index (χ2n) is 7.26. The van der Waals surface area contributed by atoms with Crippen LogP contribution in [-0.2, 0) is 23.7 Å². The Balaban J connectivity index is 2.05. The summed E-state index contributed by atoms with van der Waals surface area (Å²) in [5.41, 5.74) is 3.19. The van der Waals surface area contributed by atoms with Gasteiger partial charge in [-0.3, -0.25) is 4.68 Å². The molecule has 7 heteroatoms. The first-order valence-corrected chi connectivity index (χ1v) is 9.80. The highest BCUT2D eigenvalue weighted by atomic mass is 32.2. The summed E-state index contributed by atoms with van der Waals surface area (Å²) in [5, 5.41) is 4.40. The van der Waals surface area contributed by atoms with Crippen LogP contribution >= 0.6 is 0 Å². The van der Waals surface area contributed by atoms with Crippen LogP contribution in [0.3, 0.4) is 0 Å². The Kier molecular flexibility index (Phi) is 5.53. The highest BCUT2D eigenvalue weighted by molar-refractivity contribution is 7.87. The molecule has 132 valence electrons. The summed E-state index contributed by atoms with van der Waals surface area (Å²) in [4.78, 5) is 0. The number of piperidine rings is 1. The lowest BCUT2D eigenvalue weighted by Gasteiger charge is -2.34. The third-order valence-corrected chi connectivity index (χ3v) is 6.37. The molecule has 0 saturated carbocycles. The molecule has 1 aliphatic rings. The first kappa shape index (κ1) is 18.4. The van der Waals surface area contributed by atoms with E-state index in [-0.39, 0.29) is 6.04 Å². The molecule has 1 aromatic heterocycles. The van der Waals surface area contributed by atoms with Crippen molar-refractivity contribution in [3.05, 3.63) is 17.0 Å². The smallest absolute Gasteiger partial charge is 0.272 e. The van der Waals surface area contributed by atoms with Gasteiger partial charge in [0, 0.05) is 31.9 Å². The first-order chi connectivity index (χ1) is 10.6. The van der Waals surface area contributed by atoms with Crippen LogP contribution in [-0.4, -0.2) is 41.6 Å². The minimum absolute atomic E-state index is 0.158. The monoisotopic (exact) mass is 342 g/mol. The van der Waals surface area contributed by atoms with E-state index in [1.807, 2.05) is 32.5 Å². The van der Waals surface area contributed by atoms with Gasteiger partial charge in [-0.25, -0.2) is 0 Å². The summed E-state index contributed by atoms with van der Waals surface area (Å²) in [6.07, 6.45) is 1.75. The van der Waals surface area contributed by atoms with Crippen molar-refractivity contribution in [2.45, 2.75) is 53.5 Å². The maximum atomic E-state index is 12.6. The normalized spacial score (nSPS) is 24.8. The van der Waals surface area contributed by atoms with E-state index < -0.39 is 10.2 Å². The fourth-order valence-corrected chi connectivity index (χ4v) is 5.23. The van der Waals surface area contributed by atoms with Gasteiger partial charge in [0.05, 0.1) is 5.69 Å². The van der Waals surface area contributed by atoms with Crippen molar-refractivity contribution >= 4 is 10.2 Å². The van der Waals surface area contributed by atoms with Crippen molar-refractivity contribution in [1.82, 2.24) is 18.8 Å². The molecule has 1 N–H and O–H groups in total. The summed E-state index contributed by atoms with van der Waals surface area (Å²) in [6, 6.07) is -0.158. The number of aromatic nitrogens is 2. The molecular formula is C16H30N4O2S. The summed E-state index contributed by atoms with van der Waals surface area (Å²) in [6.45, 7) is 11.4. The molecule has 6 nitrogen and oxygen atoms in total. The van der Waals surface area contributed by atoms with Crippen molar-refractivity contribution in [3.63, 3.8) is 0 Å². The fraction of sp³-hybridized carbons (Fsp3) is 0.812. The van der Waals surface area contributed by atoms with Crippen LogP contribution in [0.1, 0.15) is 44.1 Å². The zero-order chi connectivity index (χ0) is 17.4.